The second kappa shape index (κ2) is 5.18. The van der Waals surface area contributed by atoms with Gasteiger partial charge in [0, 0.05) is 6.07 Å². The molecule has 0 fully saturated rings. The molecule has 0 atom stereocenters. The van der Waals surface area contributed by atoms with Crippen molar-refractivity contribution in [2.24, 2.45) is 5.10 Å². The van der Waals surface area contributed by atoms with Crippen molar-refractivity contribution in [1.82, 2.24) is 15.4 Å². The number of benzene rings is 1. The Balaban J connectivity index is 0.00000133. The summed E-state index contributed by atoms with van der Waals surface area (Å²) in [4.78, 5) is 18.3. The van der Waals surface area contributed by atoms with Crippen LogP contribution in [0.25, 0.3) is 11.0 Å². The normalized spacial score (nSPS) is 14.8. The zero-order valence-electron chi connectivity index (χ0n) is 9.86. The van der Waals surface area contributed by atoms with Crippen molar-refractivity contribution < 1.29 is 9.18 Å². The lowest BCUT2D eigenvalue weighted by atomic mass is 10.2. The first-order chi connectivity index (χ1) is 8.63. The highest BCUT2D eigenvalue weighted by Crippen LogP contribution is 2.18. The zero-order valence-corrected chi connectivity index (χ0v) is 11.5. The number of nitrogens with one attached hydrogen (secondary N) is 2. The third kappa shape index (κ3) is 2.57. The first-order valence-corrected chi connectivity index (χ1v) is 6.27. The SMILES string of the molecule is Cc1cc2[nH]c(C3=NNC(=O)SC3)nc2cc1F.Cl. The monoisotopic (exact) mass is 300 g/mol. The van der Waals surface area contributed by atoms with E-state index in [1.165, 1.54) is 6.07 Å². The van der Waals surface area contributed by atoms with Gasteiger partial charge in [-0.1, -0.05) is 11.8 Å². The highest BCUT2D eigenvalue weighted by molar-refractivity contribution is 8.14. The van der Waals surface area contributed by atoms with E-state index < -0.39 is 0 Å². The van der Waals surface area contributed by atoms with Gasteiger partial charge in [-0.3, -0.25) is 4.79 Å². The Morgan fingerprint density at radius 2 is 2.21 bits per heavy atom. The van der Waals surface area contributed by atoms with Crippen LogP contribution in [0.15, 0.2) is 17.2 Å². The summed E-state index contributed by atoms with van der Waals surface area (Å²) in [6, 6.07) is 3.09. The van der Waals surface area contributed by atoms with Crippen molar-refractivity contribution in [1.29, 1.82) is 0 Å². The molecule has 0 saturated carbocycles. The summed E-state index contributed by atoms with van der Waals surface area (Å²) in [5.41, 5.74) is 4.90. The molecule has 0 bridgehead atoms. The summed E-state index contributed by atoms with van der Waals surface area (Å²) in [6.07, 6.45) is 0. The van der Waals surface area contributed by atoms with Crippen molar-refractivity contribution in [2.45, 2.75) is 6.92 Å². The van der Waals surface area contributed by atoms with Crippen LogP contribution in [0.2, 0.25) is 0 Å². The maximum absolute atomic E-state index is 13.4. The highest BCUT2D eigenvalue weighted by atomic mass is 35.5. The van der Waals surface area contributed by atoms with Crippen LogP contribution in [0.1, 0.15) is 11.4 Å². The van der Waals surface area contributed by atoms with Crippen LogP contribution >= 0.6 is 24.2 Å². The Morgan fingerprint density at radius 1 is 1.42 bits per heavy atom. The van der Waals surface area contributed by atoms with Gasteiger partial charge in [-0.15, -0.1) is 12.4 Å². The lowest BCUT2D eigenvalue weighted by Crippen LogP contribution is -2.24. The number of amides is 1. The Bertz CT molecular complexity index is 646. The molecule has 1 aromatic heterocycles. The van der Waals surface area contributed by atoms with Gasteiger partial charge in [0.2, 0.25) is 0 Å². The highest BCUT2D eigenvalue weighted by Gasteiger charge is 2.17. The molecule has 2 heterocycles. The first kappa shape index (κ1) is 13.8. The summed E-state index contributed by atoms with van der Waals surface area (Å²) >= 11 is 1.12. The van der Waals surface area contributed by atoms with Crippen LogP contribution in [-0.2, 0) is 0 Å². The van der Waals surface area contributed by atoms with Crippen molar-refractivity contribution in [3.63, 3.8) is 0 Å². The minimum absolute atomic E-state index is 0. The fourth-order valence-corrected chi connectivity index (χ4v) is 2.29. The second-order valence-corrected chi connectivity index (χ2v) is 4.90. The topological polar surface area (TPSA) is 70.1 Å². The van der Waals surface area contributed by atoms with Crippen LogP contribution < -0.4 is 5.43 Å². The number of rotatable bonds is 1. The predicted octanol–water partition coefficient (Wildman–Crippen LogP) is 2.59. The summed E-state index contributed by atoms with van der Waals surface area (Å²) < 4.78 is 13.4. The summed E-state index contributed by atoms with van der Waals surface area (Å²) in [7, 11) is 0. The van der Waals surface area contributed by atoms with E-state index in [1.54, 1.807) is 13.0 Å². The number of thioether (sulfide) groups is 1. The van der Waals surface area contributed by atoms with E-state index in [9.17, 15) is 9.18 Å². The standard InChI is InChI=1S/C11H9FN4OS.ClH/c1-5-2-7-8(3-6(5)12)14-10(13-7)9-4-18-11(17)16-15-9;/h2-3H,4H2,1H3,(H,13,14)(H,16,17);1H. The lowest BCUT2D eigenvalue weighted by molar-refractivity contribution is 0.261. The number of aromatic nitrogens is 2. The molecule has 3 rings (SSSR count). The molecule has 19 heavy (non-hydrogen) atoms. The van der Waals surface area contributed by atoms with E-state index in [2.05, 4.69) is 20.5 Å². The maximum Gasteiger partial charge on any atom is 0.299 e. The van der Waals surface area contributed by atoms with Gasteiger partial charge in [-0.25, -0.2) is 14.8 Å². The summed E-state index contributed by atoms with van der Waals surface area (Å²) in [5, 5.41) is 3.75. The molecule has 0 aliphatic carbocycles. The van der Waals surface area contributed by atoms with Gasteiger partial charge in [0.05, 0.1) is 16.8 Å². The molecule has 0 radical (unpaired) electrons. The first-order valence-electron chi connectivity index (χ1n) is 5.29. The molecule has 1 amide bonds. The summed E-state index contributed by atoms with van der Waals surface area (Å²) in [6.45, 7) is 1.70. The molecule has 2 N–H and O–H groups in total. The predicted molar refractivity (Wildman–Crippen MR) is 75.6 cm³/mol. The van der Waals surface area contributed by atoms with E-state index in [1.807, 2.05) is 0 Å². The number of fused-ring (bicyclic) bond motifs is 1. The largest absolute Gasteiger partial charge is 0.337 e. The number of imidazole rings is 1. The number of carbonyl (C=O) groups is 1. The third-order valence-electron chi connectivity index (χ3n) is 2.66. The van der Waals surface area contributed by atoms with Gasteiger partial charge < -0.3 is 4.98 Å². The molecule has 8 heteroatoms. The van der Waals surface area contributed by atoms with E-state index >= 15 is 0 Å². The molecule has 0 spiro atoms. The van der Waals surface area contributed by atoms with Gasteiger partial charge in [0.25, 0.3) is 5.24 Å². The van der Waals surface area contributed by atoms with Crippen LogP contribution in [0.5, 0.6) is 0 Å². The number of aromatic amines is 1. The van der Waals surface area contributed by atoms with Crippen LogP contribution in [-0.4, -0.2) is 26.7 Å². The Kier molecular flexibility index (Phi) is 3.77. The van der Waals surface area contributed by atoms with Crippen molar-refractivity contribution >= 4 is 46.2 Å². The van der Waals surface area contributed by atoms with Crippen LogP contribution in [0.4, 0.5) is 9.18 Å². The lowest BCUT2D eigenvalue weighted by Gasteiger charge is -2.08. The fraction of sp³-hybridized carbons (Fsp3) is 0.182. The quantitative estimate of drug-likeness (QED) is 0.850. The fourth-order valence-electron chi connectivity index (χ4n) is 1.71. The number of nitrogens with zero attached hydrogens (tertiary/aromatic N) is 2. The average molecular weight is 301 g/mol. The number of aryl methyl sites for hydroxylation is 1. The molecule has 0 saturated heterocycles. The van der Waals surface area contributed by atoms with E-state index in [4.69, 9.17) is 0 Å². The zero-order chi connectivity index (χ0) is 12.7. The molecule has 1 aromatic carbocycles. The van der Waals surface area contributed by atoms with Gasteiger partial charge in [-0.05, 0) is 18.6 Å². The molecular formula is C11H10ClFN4OS. The Hall–Kier alpha value is -1.60. The number of hydrazone groups is 1. The minimum Gasteiger partial charge on any atom is -0.337 e. The minimum atomic E-state index is -0.284. The number of halogens is 2. The average Bonchev–Trinajstić information content (AvgIpc) is 2.73. The van der Waals surface area contributed by atoms with E-state index in [0.717, 1.165) is 17.3 Å². The third-order valence-corrected chi connectivity index (χ3v) is 3.43. The molecule has 1 aliphatic heterocycles. The molecule has 1 aliphatic rings. The molecule has 100 valence electrons. The molecule has 5 nitrogen and oxygen atoms in total. The maximum atomic E-state index is 13.4. The van der Waals surface area contributed by atoms with Gasteiger partial charge >= 0.3 is 0 Å². The number of carbonyl (C=O) groups excluding carboxylic acids is 1. The van der Waals surface area contributed by atoms with Gasteiger partial charge in [-0.2, -0.15) is 5.10 Å². The number of hydrogen-bond acceptors (Lipinski definition) is 4. The van der Waals surface area contributed by atoms with Crippen LogP contribution in [0, 0.1) is 12.7 Å². The van der Waals surface area contributed by atoms with Crippen molar-refractivity contribution in [3.8, 4) is 0 Å². The van der Waals surface area contributed by atoms with Gasteiger partial charge in [0.15, 0.2) is 5.82 Å². The molecular weight excluding hydrogens is 291 g/mol. The number of H-pyrrole nitrogens is 1. The smallest absolute Gasteiger partial charge is 0.299 e. The number of hydrogen-bond donors (Lipinski definition) is 2. The molecule has 0 unspecified atom stereocenters. The summed E-state index contributed by atoms with van der Waals surface area (Å²) in [5.74, 6) is 0.726. The van der Waals surface area contributed by atoms with Crippen molar-refractivity contribution in [3.05, 3.63) is 29.3 Å². The Labute approximate surface area is 118 Å². The second-order valence-electron chi connectivity index (χ2n) is 3.95. The van der Waals surface area contributed by atoms with E-state index in [-0.39, 0.29) is 23.5 Å². The van der Waals surface area contributed by atoms with Gasteiger partial charge in [0.1, 0.15) is 11.5 Å². The van der Waals surface area contributed by atoms with Crippen molar-refractivity contribution in [2.75, 3.05) is 5.75 Å². The van der Waals surface area contributed by atoms with E-state index in [0.29, 0.717) is 28.4 Å². The van der Waals surface area contributed by atoms with Crippen LogP contribution in [0.3, 0.4) is 0 Å². The molecule has 2 aromatic rings. The Morgan fingerprint density at radius 3 is 2.89 bits per heavy atom.